The Balaban J connectivity index is 0.741. The second-order valence-electron chi connectivity index (χ2n) is 20.6. The third-order valence-electron chi connectivity index (χ3n) is 14.2. The average Bonchev–Trinajstić information content (AvgIpc) is 4.25. The number of anilines is 2. The molecule has 9 rings (SSSR count). The van der Waals surface area contributed by atoms with Crippen LogP contribution in [0.4, 0.5) is 24.5 Å². The summed E-state index contributed by atoms with van der Waals surface area (Å²) in [5, 5.41) is 17.8. The molecule has 0 spiro atoms. The Kier molecular flexibility index (Phi) is 16.9. The number of hydrogen-bond donors (Lipinski definition) is 5. The van der Waals surface area contributed by atoms with Gasteiger partial charge in [-0.1, -0.05) is 57.2 Å². The van der Waals surface area contributed by atoms with E-state index in [4.69, 9.17) is 4.74 Å². The van der Waals surface area contributed by atoms with Crippen molar-refractivity contribution in [2.75, 3.05) is 74.9 Å². The van der Waals surface area contributed by atoms with Crippen LogP contribution >= 0.6 is 11.3 Å². The van der Waals surface area contributed by atoms with Crippen LogP contribution in [0.1, 0.15) is 60.8 Å². The zero-order valence-corrected chi connectivity index (χ0v) is 44.6. The van der Waals surface area contributed by atoms with E-state index < -0.39 is 81.5 Å². The minimum atomic E-state index is -2.84. The van der Waals surface area contributed by atoms with E-state index in [0.717, 1.165) is 76.3 Å². The number of halogens is 3. The van der Waals surface area contributed by atoms with Crippen molar-refractivity contribution < 1.29 is 51.0 Å². The first-order valence-electron chi connectivity index (χ1n) is 25.3. The molecule has 3 fully saturated rings. The van der Waals surface area contributed by atoms with Gasteiger partial charge < -0.3 is 35.3 Å². The largest absolute Gasteiger partial charge is 0.391 e. The molecule has 3 amide bonds. The van der Waals surface area contributed by atoms with Gasteiger partial charge >= 0.3 is 0 Å². The Hall–Kier alpha value is -6.60. The molecule has 5 N–H and O–H groups in total. The van der Waals surface area contributed by atoms with Gasteiger partial charge in [0.25, 0.3) is 11.3 Å². The standard InChI is InChI=1S/C54H61F3N10O8S2/c1-32-49(76-31-61-32)35-7-5-33(6-8-35)25-60-52(71)44-24-39(68)29-66(44)53(72)50(54(2,3)4)62-45(69)30-75-22-21-63-17-19-64(20-18-63)38-11-9-34(10-12-38)36-23-40-41(27-59-51(40)58-26-36)48(70)46-42(56)13-14-43(47(46)57)67(77(73)74)65-16-15-37(55)28-65/h5-14,23,26-27,31,37,39,44,50,68H,15-22,24-25,28-30H2,1-4H3,(H,58,59)(H,60,71)(H,62,69)(H,73,74)/t37-,39-,44+,50-/m1/s1. The number of aromatic nitrogens is 3. The highest BCUT2D eigenvalue weighted by Crippen LogP contribution is 2.34. The van der Waals surface area contributed by atoms with Crippen molar-refractivity contribution in [3.8, 4) is 21.6 Å². The molecule has 0 aliphatic carbocycles. The number of carbonyl (C=O) groups excluding carboxylic acids is 4. The van der Waals surface area contributed by atoms with E-state index in [0.29, 0.717) is 27.6 Å². The molecule has 1 unspecified atom stereocenters. The number of nitrogens with zero attached hydrogens (tertiary/aromatic N) is 7. The summed E-state index contributed by atoms with van der Waals surface area (Å²) < 4.78 is 74.1. The smallest absolute Gasteiger partial charge is 0.277 e. The first kappa shape index (κ1) is 55.2. The third-order valence-corrected chi connectivity index (χ3v) is 15.9. The number of pyridine rings is 1. The lowest BCUT2D eigenvalue weighted by Crippen LogP contribution is -2.58. The number of fused-ring (bicyclic) bond motifs is 1. The fourth-order valence-corrected chi connectivity index (χ4v) is 11.5. The minimum Gasteiger partial charge on any atom is -0.391 e. The molecular formula is C54H61F3N10O8S2. The van der Waals surface area contributed by atoms with E-state index in [2.05, 4.69) is 35.4 Å². The van der Waals surface area contributed by atoms with Gasteiger partial charge in [-0.05, 0) is 65.8 Å². The number of amides is 3. The number of ketones is 1. The van der Waals surface area contributed by atoms with Gasteiger partial charge in [-0.25, -0.2) is 32.4 Å². The number of aliphatic hydroxyl groups is 1. The fraction of sp³-hybridized carbons (Fsp3) is 0.407. The maximum absolute atomic E-state index is 16.1. The first-order chi connectivity index (χ1) is 36.8. The van der Waals surface area contributed by atoms with Crippen LogP contribution in [0, 0.1) is 24.0 Å². The molecule has 0 saturated carbocycles. The number of benzene rings is 3. The zero-order valence-electron chi connectivity index (χ0n) is 43.0. The Bertz CT molecular complexity index is 3150. The number of alkyl halides is 1. The number of nitrogens with one attached hydrogen (secondary N) is 3. The molecule has 6 aromatic rings. The van der Waals surface area contributed by atoms with Gasteiger partial charge in [-0.2, -0.15) is 4.41 Å². The summed E-state index contributed by atoms with van der Waals surface area (Å²) in [5.41, 5.74) is 5.09. The number of aliphatic hydroxyl groups excluding tert-OH is 1. The lowest BCUT2D eigenvalue weighted by molar-refractivity contribution is -0.144. The summed E-state index contributed by atoms with van der Waals surface area (Å²) in [4.78, 5) is 73.3. The van der Waals surface area contributed by atoms with Gasteiger partial charge in [0.05, 0.1) is 40.9 Å². The van der Waals surface area contributed by atoms with Crippen molar-refractivity contribution in [2.24, 2.45) is 5.41 Å². The van der Waals surface area contributed by atoms with E-state index in [1.54, 1.807) is 29.1 Å². The van der Waals surface area contributed by atoms with Gasteiger partial charge in [-0.3, -0.25) is 28.6 Å². The van der Waals surface area contributed by atoms with Crippen molar-refractivity contribution >= 4 is 68.5 Å². The predicted molar refractivity (Wildman–Crippen MR) is 287 cm³/mol. The second-order valence-corrected chi connectivity index (χ2v) is 22.2. The van der Waals surface area contributed by atoms with Gasteiger partial charge in [0.15, 0.2) is 5.82 Å². The monoisotopic (exact) mass is 1100 g/mol. The molecular weight excluding hydrogens is 1040 g/mol. The number of piperazine rings is 1. The number of H-pyrrole nitrogens is 1. The molecule has 3 aromatic heterocycles. The quantitative estimate of drug-likeness (QED) is 0.0379. The lowest BCUT2D eigenvalue weighted by atomic mass is 9.85. The molecule has 77 heavy (non-hydrogen) atoms. The molecule has 3 aliphatic heterocycles. The third kappa shape index (κ3) is 12.4. The Labute approximate surface area is 450 Å². The molecule has 408 valence electrons. The minimum absolute atomic E-state index is 0.0183. The molecule has 0 radical (unpaired) electrons. The number of β-amino-alcohol motifs (C(OH)–C–C–N with tert-alkyl or cyclic N) is 1. The molecule has 6 heterocycles. The number of thiazole rings is 1. The molecule has 3 saturated heterocycles. The van der Waals surface area contributed by atoms with E-state index >= 15 is 8.78 Å². The SMILES string of the molecule is Cc1ncsc1-c1ccc(CNC(=O)[C@@H]2C[C@@H](O)CN2C(=O)[C@@H](NC(=O)COCCN2CCN(c3ccc(-c4cnc5[nH]cc(C(=O)c6c(F)ccc(N(N7CC[C@@H](F)C7)S(=O)O)c6F)c5c4)cc3)CC2)C(C)(C)C)cc1. The summed E-state index contributed by atoms with van der Waals surface area (Å²) >= 11 is -1.28. The summed E-state index contributed by atoms with van der Waals surface area (Å²) in [7, 11) is 0. The molecule has 23 heteroatoms. The van der Waals surface area contributed by atoms with Crippen LogP contribution in [0.15, 0.2) is 84.6 Å². The maximum atomic E-state index is 16.1. The van der Waals surface area contributed by atoms with Crippen molar-refractivity contribution in [3.05, 3.63) is 119 Å². The summed E-state index contributed by atoms with van der Waals surface area (Å²) in [5.74, 6) is -4.86. The number of hydrogen-bond acceptors (Lipinski definition) is 13. The maximum Gasteiger partial charge on any atom is 0.277 e. The number of aromatic amines is 1. The van der Waals surface area contributed by atoms with Gasteiger partial charge in [0.1, 0.15) is 42.0 Å². The van der Waals surface area contributed by atoms with Crippen LogP contribution in [0.5, 0.6) is 0 Å². The molecule has 0 bridgehead atoms. The van der Waals surface area contributed by atoms with Gasteiger partial charge in [0.2, 0.25) is 23.5 Å². The van der Waals surface area contributed by atoms with Crippen LogP contribution in [-0.4, -0.2) is 157 Å². The van der Waals surface area contributed by atoms with Crippen molar-refractivity contribution in [2.45, 2.75) is 71.4 Å². The Morgan fingerprint density at radius 2 is 1.69 bits per heavy atom. The predicted octanol–water partition coefficient (Wildman–Crippen LogP) is 6.02. The van der Waals surface area contributed by atoms with Crippen molar-refractivity contribution in [3.63, 3.8) is 0 Å². The zero-order chi connectivity index (χ0) is 54.7. The number of rotatable bonds is 18. The van der Waals surface area contributed by atoms with Gasteiger partial charge in [-0.15, -0.1) is 11.3 Å². The van der Waals surface area contributed by atoms with E-state index in [1.807, 2.05) is 76.2 Å². The molecule has 5 atom stereocenters. The van der Waals surface area contributed by atoms with Gasteiger partial charge in [0, 0.05) is 93.4 Å². The molecule has 3 aliphatic rings. The summed E-state index contributed by atoms with van der Waals surface area (Å²) in [6, 6.07) is 17.2. The summed E-state index contributed by atoms with van der Waals surface area (Å²) in [6.45, 7) is 10.9. The summed E-state index contributed by atoms with van der Waals surface area (Å²) in [6.07, 6.45) is 0.850. The number of carbonyl (C=O) groups is 4. The normalized spacial score (nSPS) is 19.2. The van der Waals surface area contributed by atoms with Crippen molar-refractivity contribution in [1.82, 2.24) is 40.4 Å². The number of aryl methyl sites for hydroxylation is 1. The number of hydrazine groups is 1. The number of likely N-dealkylation sites (tertiary alicyclic amines) is 1. The van der Waals surface area contributed by atoms with E-state index in [9.17, 15) is 37.4 Å². The van der Waals surface area contributed by atoms with Crippen LogP contribution in [0.3, 0.4) is 0 Å². The van der Waals surface area contributed by atoms with Crippen LogP contribution in [-0.2, 0) is 36.9 Å². The highest BCUT2D eigenvalue weighted by Gasteiger charge is 2.44. The second kappa shape index (κ2) is 23.6. The Morgan fingerprint density at radius 3 is 2.35 bits per heavy atom. The average molecular weight is 1100 g/mol. The van der Waals surface area contributed by atoms with Crippen molar-refractivity contribution in [1.29, 1.82) is 0 Å². The lowest BCUT2D eigenvalue weighted by Gasteiger charge is -2.36. The van der Waals surface area contributed by atoms with E-state index in [-0.39, 0.29) is 63.7 Å². The fourth-order valence-electron chi connectivity index (χ4n) is 10.0. The molecule has 3 aromatic carbocycles. The Morgan fingerprint density at radius 1 is 0.961 bits per heavy atom. The van der Waals surface area contributed by atoms with Crippen LogP contribution in [0.2, 0.25) is 0 Å². The highest BCUT2D eigenvalue weighted by atomic mass is 32.2. The number of ether oxygens (including phenoxy) is 1. The topological polar surface area (TPSA) is 217 Å². The van der Waals surface area contributed by atoms with Crippen LogP contribution < -0.4 is 19.9 Å². The highest BCUT2D eigenvalue weighted by molar-refractivity contribution is 7.80. The first-order valence-corrected chi connectivity index (χ1v) is 27.3. The molecule has 18 nitrogen and oxygen atoms in total. The van der Waals surface area contributed by atoms with E-state index in [1.165, 1.54) is 11.1 Å². The van der Waals surface area contributed by atoms with Crippen LogP contribution in [0.25, 0.3) is 32.6 Å².